The van der Waals surface area contributed by atoms with Crippen molar-refractivity contribution >= 4 is 17.4 Å². The standard InChI is InChI=1S/C19H23N5O/c1-12-9-21-13(2)18(22-12)24-10-14-7-8-23(11-17(14)24)19(25)15-5-3-4-6-16(15)20/h3-6,9,14,17H,7-8,10-11,20H2,1-2H3. The van der Waals surface area contributed by atoms with Gasteiger partial charge in [-0.15, -0.1) is 0 Å². The molecule has 3 heterocycles. The Morgan fingerprint density at radius 2 is 2.04 bits per heavy atom. The van der Waals surface area contributed by atoms with E-state index in [1.807, 2.05) is 30.9 Å². The highest BCUT2D eigenvalue weighted by Gasteiger charge is 2.45. The Bertz CT molecular complexity index is 821. The van der Waals surface area contributed by atoms with Crippen LogP contribution in [0.1, 0.15) is 28.2 Å². The summed E-state index contributed by atoms with van der Waals surface area (Å²) in [5.74, 6) is 1.60. The van der Waals surface area contributed by atoms with Gasteiger partial charge in [0.15, 0.2) is 5.82 Å². The molecule has 0 saturated carbocycles. The summed E-state index contributed by atoms with van der Waals surface area (Å²) in [7, 11) is 0. The zero-order valence-corrected chi connectivity index (χ0v) is 14.6. The molecule has 130 valence electrons. The molecule has 4 rings (SSSR count). The van der Waals surface area contributed by atoms with Gasteiger partial charge < -0.3 is 15.5 Å². The van der Waals surface area contributed by atoms with Crippen LogP contribution in [-0.2, 0) is 0 Å². The first-order valence-corrected chi connectivity index (χ1v) is 8.75. The van der Waals surface area contributed by atoms with Crippen LogP contribution < -0.4 is 10.6 Å². The van der Waals surface area contributed by atoms with Crippen LogP contribution in [0.25, 0.3) is 0 Å². The van der Waals surface area contributed by atoms with Crippen LogP contribution in [-0.4, -0.2) is 46.5 Å². The molecule has 6 heteroatoms. The normalized spacial score (nSPS) is 22.3. The molecule has 2 N–H and O–H groups in total. The maximum absolute atomic E-state index is 12.9. The lowest BCUT2D eigenvalue weighted by Crippen LogP contribution is -2.65. The molecule has 25 heavy (non-hydrogen) atoms. The topological polar surface area (TPSA) is 75.4 Å². The van der Waals surface area contributed by atoms with Gasteiger partial charge in [0.2, 0.25) is 0 Å². The second kappa shape index (κ2) is 6.02. The predicted octanol–water partition coefficient (Wildman–Crippen LogP) is 2.03. The van der Waals surface area contributed by atoms with Gasteiger partial charge in [-0.25, -0.2) is 4.98 Å². The molecule has 2 atom stereocenters. The van der Waals surface area contributed by atoms with Crippen LogP contribution in [0.15, 0.2) is 30.5 Å². The summed E-state index contributed by atoms with van der Waals surface area (Å²) in [4.78, 5) is 26.2. The molecule has 1 aromatic heterocycles. The number of nitrogens with zero attached hydrogens (tertiary/aromatic N) is 4. The van der Waals surface area contributed by atoms with Gasteiger partial charge in [0.05, 0.1) is 23.0 Å². The summed E-state index contributed by atoms with van der Waals surface area (Å²) in [5, 5.41) is 0. The first-order chi connectivity index (χ1) is 12.0. The number of benzene rings is 1. The van der Waals surface area contributed by atoms with Crippen molar-refractivity contribution in [2.45, 2.75) is 26.3 Å². The number of anilines is 2. The van der Waals surface area contributed by atoms with Crippen molar-refractivity contribution in [1.82, 2.24) is 14.9 Å². The predicted molar refractivity (Wildman–Crippen MR) is 97.5 cm³/mol. The summed E-state index contributed by atoms with van der Waals surface area (Å²) in [6.45, 7) is 6.46. The Morgan fingerprint density at radius 3 is 2.84 bits per heavy atom. The minimum absolute atomic E-state index is 0.0236. The van der Waals surface area contributed by atoms with Crippen LogP contribution in [0, 0.1) is 19.8 Å². The molecule has 1 amide bonds. The summed E-state index contributed by atoms with van der Waals surface area (Å²) in [6.07, 6.45) is 2.82. The summed E-state index contributed by atoms with van der Waals surface area (Å²) < 4.78 is 0. The molecule has 0 aliphatic carbocycles. The quantitative estimate of drug-likeness (QED) is 0.849. The van der Waals surface area contributed by atoms with E-state index in [-0.39, 0.29) is 5.91 Å². The van der Waals surface area contributed by atoms with E-state index in [1.165, 1.54) is 0 Å². The summed E-state index contributed by atoms with van der Waals surface area (Å²) in [5.41, 5.74) is 8.99. The maximum Gasteiger partial charge on any atom is 0.256 e. The fourth-order valence-electron chi connectivity index (χ4n) is 3.88. The highest BCUT2D eigenvalue weighted by Crippen LogP contribution is 2.37. The van der Waals surface area contributed by atoms with Gasteiger partial charge in [0.1, 0.15) is 0 Å². The van der Waals surface area contributed by atoms with Crippen molar-refractivity contribution in [3.63, 3.8) is 0 Å². The summed E-state index contributed by atoms with van der Waals surface area (Å²) in [6, 6.07) is 7.61. The number of hydrogen-bond donors (Lipinski definition) is 1. The molecule has 0 bridgehead atoms. The monoisotopic (exact) mass is 337 g/mol. The average molecular weight is 337 g/mol. The minimum Gasteiger partial charge on any atom is -0.398 e. The van der Waals surface area contributed by atoms with Gasteiger partial charge in [-0.1, -0.05) is 12.1 Å². The van der Waals surface area contributed by atoms with Crippen molar-refractivity contribution in [3.05, 3.63) is 47.4 Å². The largest absolute Gasteiger partial charge is 0.398 e. The molecule has 2 saturated heterocycles. The third kappa shape index (κ3) is 2.71. The van der Waals surface area contributed by atoms with Crippen LogP contribution in [0.2, 0.25) is 0 Å². The van der Waals surface area contributed by atoms with Crippen LogP contribution in [0.5, 0.6) is 0 Å². The van der Waals surface area contributed by atoms with Crippen molar-refractivity contribution < 1.29 is 4.79 Å². The Hall–Kier alpha value is -2.63. The van der Waals surface area contributed by atoms with E-state index in [0.717, 1.165) is 36.7 Å². The molecule has 0 radical (unpaired) electrons. The zero-order valence-electron chi connectivity index (χ0n) is 14.6. The number of carbonyl (C=O) groups is 1. The summed E-state index contributed by atoms with van der Waals surface area (Å²) >= 11 is 0. The van der Waals surface area contributed by atoms with Crippen LogP contribution in [0.3, 0.4) is 0 Å². The molecule has 2 fully saturated rings. The molecular formula is C19H23N5O. The van der Waals surface area contributed by atoms with Crippen LogP contribution in [0.4, 0.5) is 11.5 Å². The first kappa shape index (κ1) is 15.9. The van der Waals surface area contributed by atoms with E-state index >= 15 is 0 Å². The first-order valence-electron chi connectivity index (χ1n) is 8.75. The van der Waals surface area contributed by atoms with E-state index in [4.69, 9.17) is 5.73 Å². The third-order valence-electron chi connectivity index (χ3n) is 5.35. The van der Waals surface area contributed by atoms with Crippen molar-refractivity contribution in [2.75, 3.05) is 30.3 Å². The molecule has 2 aliphatic rings. The molecular weight excluding hydrogens is 314 g/mol. The average Bonchev–Trinajstić information content (AvgIpc) is 2.59. The number of nitrogen functional groups attached to an aromatic ring is 1. The highest BCUT2D eigenvalue weighted by molar-refractivity contribution is 5.99. The number of aromatic nitrogens is 2. The Balaban J connectivity index is 1.54. The fourth-order valence-corrected chi connectivity index (χ4v) is 3.88. The third-order valence-corrected chi connectivity index (χ3v) is 5.35. The minimum atomic E-state index is 0.0236. The Labute approximate surface area is 147 Å². The smallest absolute Gasteiger partial charge is 0.256 e. The number of para-hydroxylation sites is 1. The van der Waals surface area contributed by atoms with Crippen molar-refractivity contribution in [2.24, 2.45) is 5.92 Å². The number of amides is 1. The van der Waals surface area contributed by atoms with Crippen molar-refractivity contribution in [3.8, 4) is 0 Å². The van der Waals surface area contributed by atoms with Crippen LogP contribution >= 0.6 is 0 Å². The van der Waals surface area contributed by atoms with Gasteiger partial charge >= 0.3 is 0 Å². The zero-order chi connectivity index (χ0) is 17.6. The van der Waals surface area contributed by atoms with E-state index in [1.54, 1.807) is 18.3 Å². The molecule has 6 nitrogen and oxygen atoms in total. The number of nitrogens with two attached hydrogens (primary N) is 1. The number of likely N-dealkylation sites (tertiary alicyclic amines) is 1. The molecule has 2 aliphatic heterocycles. The number of carbonyl (C=O) groups excluding carboxylic acids is 1. The number of fused-ring (bicyclic) bond motifs is 1. The van der Waals surface area contributed by atoms with Gasteiger partial charge in [0.25, 0.3) is 5.91 Å². The molecule has 0 spiro atoms. The Morgan fingerprint density at radius 1 is 1.24 bits per heavy atom. The maximum atomic E-state index is 12.9. The van der Waals surface area contributed by atoms with Crippen molar-refractivity contribution in [1.29, 1.82) is 0 Å². The SMILES string of the molecule is Cc1cnc(C)c(N2CC3CCN(C(=O)c4ccccc4N)CC32)n1. The highest BCUT2D eigenvalue weighted by atomic mass is 16.2. The second-order valence-electron chi connectivity index (χ2n) is 7.03. The second-order valence-corrected chi connectivity index (χ2v) is 7.03. The number of hydrogen-bond acceptors (Lipinski definition) is 5. The molecule has 1 aromatic carbocycles. The van der Waals surface area contributed by atoms with Gasteiger partial charge in [-0.2, -0.15) is 0 Å². The van der Waals surface area contributed by atoms with Gasteiger partial charge in [-0.3, -0.25) is 9.78 Å². The number of piperidine rings is 1. The van der Waals surface area contributed by atoms with E-state index in [0.29, 0.717) is 29.8 Å². The van der Waals surface area contributed by atoms with Gasteiger partial charge in [0, 0.05) is 37.4 Å². The number of rotatable bonds is 2. The molecule has 2 unspecified atom stereocenters. The molecule has 2 aromatic rings. The Kier molecular flexibility index (Phi) is 3.82. The number of aryl methyl sites for hydroxylation is 2. The lowest BCUT2D eigenvalue weighted by molar-refractivity contribution is 0.0592. The lowest BCUT2D eigenvalue weighted by Gasteiger charge is -2.54. The lowest BCUT2D eigenvalue weighted by atomic mass is 9.82. The van der Waals surface area contributed by atoms with E-state index < -0.39 is 0 Å². The van der Waals surface area contributed by atoms with Gasteiger partial charge in [-0.05, 0) is 32.4 Å². The fraction of sp³-hybridized carbons (Fsp3) is 0.421. The van der Waals surface area contributed by atoms with E-state index in [2.05, 4.69) is 14.9 Å². The van der Waals surface area contributed by atoms with E-state index in [9.17, 15) is 4.79 Å².